The molecule has 6 nitrogen and oxygen atoms in total. The van der Waals surface area contributed by atoms with E-state index >= 15 is 0 Å². The van der Waals surface area contributed by atoms with Gasteiger partial charge in [0, 0.05) is 26.3 Å². The van der Waals surface area contributed by atoms with Crippen molar-refractivity contribution in [3.05, 3.63) is 57.6 Å². The van der Waals surface area contributed by atoms with Crippen molar-refractivity contribution in [2.45, 2.75) is 26.3 Å². The summed E-state index contributed by atoms with van der Waals surface area (Å²) in [6.45, 7) is 1.82. The van der Waals surface area contributed by atoms with E-state index in [2.05, 4.69) is 9.71 Å². The van der Waals surface area contributed by atoms with Gasteiger partial charge in [0.2, 0.25) is 10.0 Å². The molecule has 0 fully saturated rings. The Kier molecular flexibility index (Phi) is 5.90. The van der Waals surface area contributed by atoms with Gasteiger partial charge in [-0.05, 0) is 42.2 Å². The average molecular weight is 423 g/mol. The van der Waals surface area contributed by atoms with Gasteiger partial charge in [0.05, 0.1) is 23.3 Å². The summed E-state index contributed by atoms with van der Waals surface area (Å²) >= 11 is 0. The summed E-state index contributed by atoms with van der Waals surface area (Å²) < 4.78 is 56.3. The lowest BCUT2D eigenvalue weighted by atomic mass is 10.1. The van der Waals surface area contributed by atoms with Crippen molar-refractivity contribution in [3.63, 3.8) is 0 Å². The fourth-order valence-corrected chi connectivity index (χ4v) is 3.81. The zero-order valence-corrected chi connectivity index (χ0v) is 17.6. The van der Waals surface area contributed by atoms with E-state index in [4.69, 9.17) is 0 Å². The van der Waals surface area contributed by atoms with Gasteiger partial charge >= 0.3 is 0 Å². The van der Waals surface area contributed by atoms with Gasteiger partial charge in [-0.1, -0.05) is 13.0 Å². The van der Waals surface area contributed by atoms with Crippen molar-refractivity contribution in [1.29, 1.82) is 0 Å². The SMILES string of the molecule is CCC1=C(N(C)c2c(F)cc(CNS(C)(=O)=O)cc2F)C=c2c(ncn2C)=CC1. The molecule has 0 unspecified atom stereocenters. The second-order valence-electron chi connectivity index (χ2n) is 7.08. The number of hydrogen-bond donors (Lipinski definition) is 1. The molecule has 1 aromatic carbocycles. The Morgan fingerprint density at radius 1 is 1.28 bits per heavy atom. The first kappa shape index (κ1) is 21.2. The lowest BCUT2D eigenvalue weighted by Gasteiger charge is -2.25. The standard InChI is InChI=1S/C20H24F2N4O2S/c1-5-14-6-7-17-19(25(2)12-23-17)10-18(14)26(3)20-15(21)8-13(9-16(20)22)11-24-29(4,27)28/h7-10,12,24H,5-6,11H2,1-4H3. The topological polar surface area (TPSA) is 67.2 Å². The number of rotatable bonds is 6. The minimum atomic E-state index is -3.46. The minimum absolute atomic E-state index is 0.182. The predicted molar refractivity (Wildman–Crippen MR) is 110 cm³/mol. The second-order valence-corrected chi connectivity index (χ2v) is 8.91. The molecule has 0 saturated carbocycles. The first-order chi connectivity index (χ1) is 13.6. The van der Waals surface area contributed by atoms with Crippen molar-refractivity contribution in [2.75, 3.05) is 18.2 Å². The Labute approximate surface area is 168 Å². The maximum absolute atomic E-state index is 14.9. The van der Waals surface area contributed by atoms with Crippen LogP contribution in [-0.4, -0.2) is 31.3 Å². The molecule has 0 atom stereocenters. The number of allylic oxidation sites excluding steroid dienone is 2. The number of aromatic nitrogens is 2. The van der Waals surface area contributed by atoms with Crippen LogP contribution in [0.4, 0.5) is 14.5 Å². The highest BCUT2D eigenvalue weighted by molar-refractivity contribution is 7.88. The number of sulfonamides is 1. The third-order valence-corrected chi connectivity index (χ3v) is 5.60. The van der Waals surface area contributed by atoms with Crippen LogP contribution >= 0.6 is 0 Å². The zero-order valence-electron chi connectivity index (χ0n) is 16.8. The first-order valence-corrected chi connectivity index (χ1v) is 11.1. The van der Waals surface area contributed by atoms with Crippen LogP contribution in [0.25, 0.3) is 12.2 Å². The fourth-order valence-electron chi connectivity index (χ4n) is 3.38. The molecule has 0 saturated heterocycles. The van der Waals surface area contributed by atoms with Gasteiger partial charge in [-0.3, -0.25) is 0 Å². The minimum Gasteiger partial charge on any atom is -0.340 e. The van der Waals surface area contributed by atoms with E-state index in [1.165, 1.54) is 4.90 Å². The highest BCUT2D eigenvalue weighted by Gasteiger charge is 2.20. The van der Waals surface area contributed by atoms with Crippen molar-refractivity contribution < 1.29 is 17.2 Å². The van der Waals surface area contributed by atoms with E-state index in [1.807, 2.05) is 30.7 Å². The maximum Gasteiger partial charge on any atom is 0.209 e. The number of imidazole rings is 1. The van der Waals surface area contributed by atoms with Gasteiger partial charge in [-0.25, -0.2) is 26.9 Å². The summed E-state index contributed by atoms with van der Waals surface area (Å²) in [5.41, 5.74) is 1.77. The van der Waals surface area contributed by atoms with Gasteiger partial charge in [-0.15, -0.1) is 0 Å². The van der Waals surface area contributed by atoms with E-state index in [0.717, 1.165) is 41.1 Å². The van der Waals surface area contributed by atoms with Crippen LogP contribution in [0, 0.1) is 11.6 Å². The lowest BCUT2D eigenvalue weighted by molar-refractivity contribution is 0.573. The normalized spacial score (nSPS) is 14.1. The van der Waals surface area contributed by atoms with Crippen molar-refractivity contribution in [1.82, 2.24) is 14.3 Å². The molecule has 29 heavy (non-hydrogen) atoms. The number of fused-ring (bicyclic) bond motifs is 1. The van der Waals surface area contributed by atoms with E-state index in [0.29, 0.717) is 12.1 Å². The van der Waals surface area contributed by atoms with Crippen LogP contribution in [0.1, 0.15) is 25.3 Å². The molecular weight excluding hydrogens is 398 g/mol. The number of anilines is 1. The summed E-state index contributed by atoms with van der Waals surface area (Å²) in [6, 6.07) is 2.30. The molecule has 0 amide bonds. The molecule has 3 rings (SSSR count). The summed E-state index contributed by atoms with van der Waals surface area (Å²) in [4.78, 5) is 5.87. The Balaban J connectivity index is 2.04. The summed E-state index contributed by atoms with van der Waals surface area (Å²) in [7, 11) is 0.0315. The summed E-state index contributed by atoms with van der Waals surface area (Å²) in [5, 5.41) is 1.70. The van der Waals surface area contributed by atoms with Crippen molar-refractivity contribution >= 4 is 27.9 Å². The Bertz CT molecular complexity index is 1180. The molecule has 1 aromatic heterocycles. The molecule has 1 aliphatic rings. The molecule has 0 bridgehead atoms. The number of nitrogens with zero attached hydrogens (tertiary/aromatic N) is 3. The third-order valence-electron chi connectivity index (χ3n) is 4.93. The monoisotopic (exact) mass is 422 g/mol. The van der Waals surface area contributed by atoms with E-state index in [-0.39, 0.29) is 17.8 Å². The van der Waals surface area contributed by atoms with Crippen LogP contribution in [0.5, 0.6) is 0 Å². The van der Waals surface area contributed by atoms with Gasteiger partial charge in [-0.2, -0.15) is 0 Å². The molecule has 1 aliphatic carbocycles. The molecule has 1 N–H and O–H groups in total. The van der Waals surface area contributed by atoms with Crippen LogP contribution in [0.3, 0.4) is 0 Å². The van der Waals surface area contributed by atoms with Crippen molar-refractivity contribution in [2.24, 2.45) is 7.05 Å². The number of aryl methyl sites for hydroxylation is 1. The molecule has 0 radical (unpaired) electrons. The van der Waals surface area contributed by atoms with E-state index in [9.17, 15) is 17.2 Å². The molecule has 1 heterocycles. The number of hydrogen-bond acceptors (Lipinski definition) is 4. The molecular formula is C20H24F2N4O2S. The van der Waals surface area contributed by atoms with E-state index in [1.54, 1.807) is 13.4 Å². The molecule has 9 heteroatoms. The van der Waals surface area contributed by atoms with Gasteiger partial charge in [0.25, 0.3) is 0 Å². The Hall–Kier alpha value is -2.52. The van der Waals surface area contributed by atoms with Crippen LogP contribution < -0.4 is 20.3 Å². The number of halogens is 2. The zero-order chi connectivity index (χ0) is 21.3. The number of nitrogens with one attached hydrogen (secondary N) is 1. The maximum atomic E-state index is 14.9. The lowest BCUT2D eigenvalue weighted by Crippen LogP contribution is -2.30. The second kappa shape index (κ2) is 8.08. The molecule has 156 valence electrons. The highest BCUT2D eigenvalue weighted by Crippen LogP contribution is 2.30. The fraction of sp³-hybridized carbons (Fsp3) is 0.350. The number of benzene rings is 1. The largest absolute Gasteiger partial charge is 0.340 e. The van der Waals surface area contributed by atoms with Gasteiger partial charge < -0.3 is 9.47 Å². The Morgan fingerprint density at radius 3 is 2.52 bits per heavy atom. The van der Waals surface area contributed by atoms with Crippen molar-refractivity contribution in [3.8, 4) is 0 Å². The van der Waals surface area contributed by atoms with Gasteiger partial charge in [0.15, 0.2) is 0 Å². The summed E-state index contributed by atoms with van der Waals surface area (Å²) in [6.07, 6.45) is 7.96. The quantitative estimate of drug-likeness (QED) is 0.767. The summed E-state index contributed by atoms with van der Waals surface area (Å²) in [5.74, 6) is -1.51. The highest BCUT2D eigenvalue weighted by atomic mass is 32.2. The smallest absolute Gasteiger partial charge is 0.209 e. The van der Waals surface area contributed by atoms with Crippen LogP contribution in [0.15, 0.2) is 29.7 Å². The molecule has 2 aromatic rings. The van der Waals surface area contributed by atoms with Gasteiger partial charge in [0.1, 0.15) is 17.3 Å². The first-order valence-electron chi connectivity index (χ1n) is 9.18. The average Bonchev–Trinajstić information content (AvgIpc) is 2.87. The van der Waals surface area contributed by atoms with E-state index < -0.39 is 21.7 Å². The predicted octanol–water partition coefficient (Wildman–Crippen LogP) is 1.51. The molecule has 0 spiro atoms. The van der Waals surface area contributed by atoms with Crippen LogP contribution in [0.2, 0.25) is 0 Å². The molecule has 0 aliphatic heterocycles. The van der Waals surface area contributed by atoms with Crippen LogP contribution in [-0.2, 0) is 23.6 Å². The Morgan fingerprint density at radius 2 is 1.93 bits per heavy atom. The third kappa shape index (κ3) is 4.56.